The van der Waals surface area contributed by atoms with Crippen LogP contribution in [0.5, 0.6) is 0 Å². The lowest BCUT2D eigenvalue weighted by Crippen LogP contribution is -2.33. The molecule has 6 nitrogen and oxygen atoms in total. The second kappa shape index (κ2) is 8.31. The third-order valence-electron chi connectivity index (χ3n) is 3.34. The quantitative estimate of drug-likeness (QED) is 0.857. The molecule has 0 atom stereocenters. The standard InChI is InChI=1S/C19H25N3O3S/c1-13-20-16(12-26-13)10-17(23)21-15-8-6-7-14(9-15)11-22(5)18(24)25-19(2,3)4/h6-9,12H,10-11H2,1-5H3,(H,21,23). The molecule has 0 unspecified atom stereocenters. The van der Waals surface area contributed by atoms with Crippen LogP contribution in [0.3, 0.4) is 0 Å². The van der Waals surface area contributed by atoms with Crippen molar-refractivity contribution in [2.75, 3.05) is 12.4 Å². The topological polar surface area (TPSA) is 71.5 Å². The van der Waals surface area contributed by atoms with Gasteiger partial charge in [0.25, 0.3) is 0 Å². The van der Waals surface area contributed by atoms with E-state index in [1.165, 1.54) is 16.2 Å². The Hall–Kier alpha value is -2.41. The van der Waals surface area contributed by atoms with Gasteiger partial charge in [-0.2, -0.15) is 0 Å². The third kappa shape index (κ3) is 6.48. The smallest absolute Gasteiger partial charge is 0.410 e. The largest absolute Gasteiger partial charge is 0.444 e. The molecule has 0 aliphatic heterocycles. The van der Waals surface area contributed by atoms with Crippen molar-refractivity contribution in [3.63, 3.8) is 0 Å². The Labute approximate surface area is 158 Å². The number of carbonyl (C=O) groups excluding carboxylic acids is 2. The van der Waals surface area contributed by atoms with Gasteiger partial charge in [-0.3, -0.25) is 4.79 Å². The van der Waals surface area contributed by atoms with Crippen LogP contribution in [0.15, 0.2) is 29.6 Å². The van der Waals surface area contributed by atoms with Crippen molar-refractivity contribution in [1.29, 1.82) is 0 Å². The van der Waals surface area contributed by atoms with E-state index in [1.54, 1.807) is 7.05 Å². The third-order valence-corrected chi connectivity index (χ3v) is 4.17. The van der Waals surface area contributed by atoms with Gasteiger partial charge in [-0.15, -0.1) is 11.3 Å². The van der Waals surface area contributed by atoms with Gasteiger partial charge < -0.3 is 15.0 Å². The predicted molar refractivity (Wildman–Crippen MR) is 103 cm³/mol. The number of anilines is 1. The fraction of sp³-hybridized carbons (Fsp3) is 0.421. The van der Waals surface area contributed by atoms with Crippen LogP contribution in [0.2, 0.25) is 0 Å². The summed E-state index contributed by atoms with van der Waals surface area (Å²) in [6.07, 6.45) is -0.141. The molecule has 0 spiro atoms. The highest BCUT2D eigenvalue weighted by Gasteiger charge is 2.19. The number of ether oxygens (including phenoxy) is 1. The average molecular weight is 375 g/mol. The minimum absolute atomic E-state index is 0.118. The second-order valence-corrected chi connectivity index (χ2v) is 8.18. The summed E-state index contributed by atoms with van der Waals surface area (Å²) in [7, 11) is 1.68. The minimum atomic E-state index is -0.533. The molecule has 0 saturated carbocycles. The zero-order valence-electron chi connectivity index (χ0n) is 15.8. The number of benzene rings is 1. The molecule has 0 radical (unpaired) electrons. The Bertz CT molecular complexity index is 780. The number of aryl methyl sites for hydroxylation is 1. The Balaban J connectivity index is 1.94. The molecule has 7 heteroatoms. The van der Waals surface area contributed by atoms with Crippen molar-refractivity contribution in [3.05, 3.63) is 45.9 Å². The number of amides is 2. The van der Waals surface area contributed by atoms with Crippen molar-refractivity contribution in [2.45, 2.75) is 46.3 Å². The number of hydrogen-bond donors (Lipinski definition) is 1. The number of carbonyl (C=O) groups is 2. The maximum Gasteiger partial charge on any atom is 0.410 e. The molecule has 140 valence electrons. The van der Waals surface area contributed by atoms with Gasteiger partial charge in [0.15, 0.2) is 0 Å². The van der Waals surface area contributed by atoms with E-state index in [4.69, 9.17) is 4.74 Å². The van der Waals surface area contributed by atoms with Gasteiger partial charge in [0.2, 0.25) is 5.91 Å². The summed E-state index contributed by atoms with van der Waals surface area (Å²) >= 11 is 1.53. The molecule has 1 aromatic carbocycles. The molecule has 0 aliphatic rings. The monoisotopic (exact) mass is 375 g/mol. The Morgan fingerprint density at radius 3 is 2.65 bits per heavy atom. The van der Waals surface area contributed by atoms with Crippen molar-refractivity contribution in [2.24, 2.45) is 0 Å². The van der Waals surface area contributed by atoms with E-state index in [0.717, 1.165) is 16.3 Å². The predicted octanol–water partition coefficient (Wildman–Crippen LogP) is 4.00. The normalized spacial score (nSPS) is 11.1. The summed E-state index contributed by atoms with van der Waals surface area (Å²) < 4.78 is 5.35. The van der Waals surface area contributed by atoms with Crippen LogP contribution in [0.1, 0.15) is 37.0 Å². The first kappa shape index (κ1) is 19.9. The molecular formula is C19H25N3O3S. The number of rotatable bonds is 5. The molecular weight excluding hydrogens is 350 g/mol. The number of aromatic nitrogens is 1. The molecule has 1 aromatic heterocycles. The highest BCUT2D eigenvalue weighted by atomic mass is 32.1. The average Bonchev–Trinajstić information content (AvgIpc) is 2.90. The molecule has 1 N–H and O–H groups in total. The van der Waals surface area contributed by atoms with Crippen LogP contribution in [0.25, 0.3) is 0 Å². The molecule has 2 aromatic rings. The van der Waals surface area contributed by atoms with E-state index in [2.05, 4.69) is 10.3 Å². The highest BCUT2D eigenvalue weighted by molar-refractivity contribution is 7.09. The lowest BCUT2D eigenvalue weighted by Gasteiger charge is -2.24. The number of nitrogens with zero attached hydrogens (tertiary/aromatic N) is 2. The maximum absolute atomic E-state index is 12.2. The van der Waals surface area contributed by atoms with Crippen molar-refractivity contribution in [3.8, 4) is 0 Å². The Morgan fingerprint density at radius 1 is 1.31 bits per heavy atom. The number of nitrogens with one attached hydrogen (secondary N) is 1. The first-order valence-electron chi connectivity index (χ1n) is 8.36. The molecule has 2 rings (SSSR count). The lowest BCUT2D eigenvalue weighted by atomic mass is 10.2. The van der Waals surface area contributed by atoms with Gasteiger partial charge in [-0.05, 0) is 45.4 Å². The van der Waals surface area contributed by atoms with E-state index >= 15 is 0 Å². The summed E-state index contributed by atoms with van der Waals surface area (Å²) in [4.78, 5) is 30.0. The van der Waals surface area contributed by atoms with E-state index in [1.807, 2.05) is 57.3 Å². The van der Waals surface area contributed by atoms with Gasteiger partial charge >= 0.3 is 6.09 Å². The van der Waals surface area contributed by atoms with E-state index in [0.29, 0.717) is 12.2 Å². The van der Waals surface area contributed by atoms with E-state index in [9.17, 15) is 9.59 Å². The van der Waals surface area contributed by atoms with Crippen molar-refractivity contribution < 1.29 is 14.3 Å². The lowest BCUT2D eigenvalue weighted by molar-refractivity contribution is -0.115. The molecule has 2 amide bonds. The van der Waals surface area contributed by atoms with Gasteiger partial charge in [-0.1, -0.05) is 12.1 Å². The first-order valence-corrected chi connectivity index (χ1v) is 9.24. The zero-order valence-corrected chi connectivity index (χ0v) is 16.6. The van der Waals surface area contributed by atoms with Crippen LogP contribution >= 0.6 is 11.3 Å². The highest BCUT2D eigenvalue weighted by Crippen LogP contribution is 2.15. The van der Waals surface area contributed by atoms with Crippen LogP contribution in [-0.4, -0.2) is 34.5 Å². The molecule has 0 saturated heterocycles. The minimum Gasteiger partial charge on any atom is -0.444 e. The van der Waals surface area contributed by atoms with Gasteiger partial charge in [0.1, 0.15) is 5.60 Å². The van der Waals surface area contributed by atoms with Crippen molar-refractivity contribution in [1.82, 2.24) is 9.88 Å². The Kier molecular flexibility index (Phi) is 6.37. The summed E-state index contributed by atoms with van der Waals surface area (Å²) in [5.74, 6) is -0.118. The summed E-state index contributed by atoms with van der Waals surface area (Å²) in [5.41, 5.74) is 1.83. The van der Waals surface area contributed by atoms with Crippen LogP contribution < -0.4 is 5.32 Å². The molecule has 1 heterocycles. The molecule has 0 bridgehead atoms. The Morgan fingerprint density at radius 2 is 2.04 bits per heavy atom. The summed E-state index contributed by atoms with van der Waals surface area (Å²) in [5, 5.41) is 5.71. The molecule has 0 fully saturated rings. The maximum atomic E-state index is 12.2. The van der Waals surface area contributed by atoms with Gasteiger partial charge in [0.05, 0.1) is 17.1 Å². The summed E-state index contributed by atoms with van der Waals surface area (Å²) in [6, 6.07) is 7.42. The van der Waals surface area contributed by atoms with Crippen LogP contribution in [0, 0.1) is 6.92 Å². The van der Waals surface area contributed by atoms with Gasteiger partial charge in [0, 0.05) is 24.7 Å². The fourth-order valence-corrected chi connectivity index (χ4v) is 2.90. The molecule has 26 heavy (non-hydrogen) atoms. The van der Waals surface area contributed by atoms with Crippen molar-refractivity contribution >= 4 is 29.0 Å². The van der Waals surface area contributed by atoms with E-state index < -0.39 is 5.60 Å². The van der Waals surface area contributed by atoms with Crippen LogP contribution in [0.4, 0.5) is 10.5 Å². The van der Waals surface area contributed by atoms with Gasteiger partial charge in [-0.25, -0.2) is 9.78 Å². The molecule has 0 aliphatic carbocycles. The summed E-state index contributed by atoms with van der Waals surface area (Å²) in [6.45, 7) is 7.80. The SMILES string of the molecule is Cc1nc(CC(=O)Nc2cccc(CN(C)C(=O)OC(C)(C)C)c2)cs1. The number of hydrogen-bond acceptors (Lipinski definition) is 5. The fourth-order valence-electron chi connectivity index (χ4n) is 2.28. The number of thiazole rings is 1. The first-order chi connectivity index (χ1) is 12.1. The zero-order chi connectivity index (χ0) is 19.3. The van der Waals surface area contributed by atoms with E-state index in [-0.39, 0.29) is 18.4 Å². The van der Waals surface area contributed by atoms with Crippen LogP contribution in [-0.2, 0) is 22.5 Å². The second-order valence-electron chi connectivity index (χ2n) is 7.12.